The number of hydrogen-bond acceptors (Lipinski definition) is 0. The minimum atomic E-state index is -4.43. The number of unbranched alkanes of at least 4 members (excludes halogenated alkanes) is 2. The molecule has 574 valence electrons. The third-order valence-electron chi connectivity index (χ3n) is 12.7. The van der Waals surface area contributed by atoms with Crippen LogP contribution in [0.25, 0.3) is 0 Å². The van der Waals surface area contributed by atoms with Gasteiger partial charge in [-0.15, -0.1) is 0 Å². The summed E-state index contributed by atoms with van der Waals surface area (Å²) in [5.41, 5.74) is 0.542. The molecule has 0 fully saturated rings. The lowest BCUT2D eigenvalue weighted by Crippen LogP contribution is -2.18. The first-order valence-corrected chi connectivity index (χ1v) is 34.2. The van der Waals surface area contributed by atoms with Crippen molar-refractivity contribution >= 4 is 0 Å². The second-order valence-corrected chi connectivity index (χ2v) is 25.5. The van der Waals surface area contributed by atoms with Crippen LogP contribution >= 0.6 is 0 Å². The van der Waals surface area contributed by atoms with Crippen LogP contribution in [0.2, 0.25) is 0 Å². The lowest BCUT2D eigenvalue weighted by molar-refractivity contribution is -0.170. The highest BCUT2D eigenvalue weighted by Crippen LogP contribution is 2.29. The molecule has 19 heteroatoms. The molecule has 0 spiro atoms. The minimum Gasteiger partial charge on any atom is -0.251 e. The van der Waals surface area contributed by atoms with Gasteiger partial charge in [-0.3, -0.25) is 4.39 Å². The Morgan fingerprint density at radius 1 is 0.341 bits per heavy atom. The highest BCUT2D eigenvalue weighted by atomic mass is 19.4. The molecule has 0 heterocycles. The van der Waals surface area contributed by atoms with Gasteiger partial charge in [-0.25, -0.2) is 39.5 Å². The number of rotatable bonds is 21. The topological polar surface area (TPSA) is 0 Å². The van der Waals surface area contributed by atoms with Gasteiger partial charge in [0.15, 0.2) is 0 Å². The maximum absolute atomic E-state index is 11.9. The first-order chi connectivity index (χ1) is 41.4. The van der Waals surface area contributed by atoms with Crippen molar-refractivity contribution < 1.29 is 86.2 Å². The molecule has 0 aliphatic heterocycles. The van der Waals surface area contributed by atoms with Crippen LogP contribution in [-0.2, 0) is 0 Å². The monoisotopic (exact) mass is 1380 g/mol. The summed E-state index contributed by atoms with van der Waals surface area (Å²) in [4.78, 5) is 0. The van der Waals surface area contributed by atoms with Crippen molar-refractivity contribution in [3.63, 3.8) is 0 Å². The molecule has 0 aliphatic rings. The average Bonchev–Trinajstić information content (AvgIpc) is 1.04. The normalized spacial score (nSPS) is 13.5. The Balaban J connectivity index is -0.0000000605. The van der Waals surface area contributed by atoms with E-state index in [0.717, 1.165) is 58.3 Å². The highest BCUT2D eigenvalue weighted by Gasteiger charge is 2.35. The van der Waals surface area contributed by atoms with Crippen molar-refractivity contribution in [2.45, 2.75) is 412 Å². The SMILES string of the molecule is CCC(C)(C)C.CCC(C)C.CCC(C)C.CCC(C)C(F)(F)F.CCC(C)C(F)(F)F.CCC(C)C(F)F.CCC(C)CF.CCC(F)(F)CC.CCCC(C)(F)F.CCCC(C)(F)F.CCCC(C)C.CCCC(C)F.CCCCC.[2H]C([2H])(C)C(C)C(F)(F)F. The molecule has 0 bridgehead atoms. The molecule has 0 amide bonds. The van der Waals surface area contributed by atoms with E-state index in [-0.39, 0.29) is 51.1 Å². The first kappa shape index (κ1) is 117. The van der Waals surface area contributed by atoms with Crippen molar-refractivity contribution in [3.05, 3.63) is 0 Å². The Kier molecular flexibility index (Phi) is 102. The van der Waals surface area contributed by atoms with Crippen molar-refractivity contribution in [1.29, 1.82) is 0 Å². The molecule has 6 unspecified atom stereocenters. The molecule has 0 saturated carbocycles. The van der Waals surface area contributed by atoms with E-state index in [0.29, 0.717) is 31.1 Å². The summed E-state index contributed by atoms with van der Waals surface area (Å²) in [6, 6.07) is 0. The van der Waals surface area contributed by atoms with Crippen LogP contribution in [0.1, 0.15) is 366 Å². The number of alkyl halides is 19. The Labute approximate surface area is 556 Å². The summed E-state index contributed by atoms with van der Waals surface area (Å²) < 4.78 is 234. The standard InChI is InChI=1S/2C6H14.3C5H9F3.4C5H10F2.2C5H11F.3C5H12/c1-5-6(2,3)4;1-4-5-6(2)3;3*1-3-4(2)5(6,7)8;2*1-3-4-5(2,6)7;1-3-5(6,7)4-2;1-3-4(2)5(6)7;1-3-5(2)4-6;1-3-4-5(2)6;2*1-4-5(2)3;1-3-5-4-2/h5H2,1-4H3;6H,4-5H2,1-3H3;3*4H,3H2,1-2H3;3*3-4H2,1-2H3;4-5H,3H2,1-2H3;2*5H,3-4H2,1-2H3;2*5H,4H2,1-3H3;3-5H2,1-2H3/i;;3D2;;;;;;;;;;;. The van der Waals surface area contributed by atoms with Crippen molar-refractivity contribution in [2.75, 3.05) is 6.67 Å². The van der Waals surface area contributed by atoms with Gasteiger partial charge in [-0.1, -0.05) is 285 Å². The molecular weight excluding hydrogens is 1230 g/mol. The van der Waals surface area contributed by atoms with E-state index in [1.54, 1.807) is 34.6 Å². The maximum Gasteiger partial charge on any atom is 0.391 e. The Morgan fingerprint density at radius 2 is 0.615 bits per heavy atom. The van der Waals surface area contributed by atoms with E-state index < -0.39 is 78.9 Å². The summed E-state index contributed by atoms with van der Waals surface area (Å²) in [5.74, 6) is -9.02. The summed E-state index contributed by atoms with van der Waals surface area (Å²) >= 11 is 0. The van der Waals surface area contributed by atoms with Crippen molar-refractivity contribution in [3.8, 4) is 0 Å². The molecule has 0 aromatic carbocycles. The Bertz CT molecular complexity index is 1230. The van der Waals surface area contributed by atoms with Gasteiger partial charge < -0.3 is 0 Å². The number of halogens is 19. The van der Waals surface area contributed by atoms with Gasteiger partial charge in [-0.05, 0) is 81.9 Å². The molecule has 6 atom stereocenters. The minimum absolute atomic E-state index is 0.00694. The van der Waals surface area contributed by atoms with Gasteiger partial charge in [0, 0.05) is 34.3 Å². The largest absolute Gasteiger partial charge is 0.391 e. The van der Waals surface area contributed by atoms with Crippen LogP contribution in [0.3, 0.4) is 0 Å². The van der Waals surface area contributed by atoms with Crippen LogP contribution in [0.5, 0.6) is 0 Å². The number of hydrogen-bond donors (Lipinski definition) is 0. The smallest absolute Gasteiger partial charge is 0.251 e. The highest BCUT2D eigenvalue weighted by molar-refractivity contribution is 4.61. The lowest BCUT2D eigenvalue weighted by atomic mass is 9.94. The third kappa shape index (κ3) is 175. The van der Waals surface area contributed by atoms with E-state index in [1.807, 2.05) is 20.8 Å². The van der Waals surface area contributed by atoms with Crippen LogP contribution in [0.4, 0.5) is 83.4 Å². The Morgan fingerprint density at radius 3 is 0.615 bits per heavy atom. The summed E-state index contributed by atoms with van der Waals surface area (Å²) in [6.45, 7) is 59.5. The Hall–Kier alpha value is -1.33. The van der Waals surface area contributed by atoms with Crippen LogP contribution in [0.15, 0.2) is 0 Å². The second-order valence-electron chi connectivity index (χ2n) is 25.5. The van der Waals surface area contributed by atoms with Crippen LogP contribution in [-0.4, -0.2) is 55.6 Å². The zero-order chi connectivity index (χ0) is 78.6. The molecule has 0 aliphatic carbocycles. The molecule has 0 nitrogen and oxygen atoms in total. The predicted octanol–water partition coefficient (Wildman–Crippen LogP) is 32.7. The predicted molar refractivity (Wildman–Crippen MR) is 364 cm³/mol. The van der Waals surface area contributed by atoms with Crippen molar-refractivity contribution in [2.24, 2.45) is 52.8 Å². The summed E-state index contributed by atoms with van der Waals surface area (Å²) in [5, 5.41) is 0. The van der Waals surface area contributed by atoms with Crippen LogP contribution < -0.4 is 0 Å². The molecule has 0 aromatic heterocycles. The molecule has 0 rings (SSSR count). The second kappa shape index (κ2) is 79.4. The molecule has 91 heavy (non-hydrogen) atoms. The van der Waals surface area contributed by atoms with Gasteiger partial charge >= 0.3 is 18.5 Å². The van der Waals surface area contributed by atoms with E-state index in [9.17, 15) is 83.4 Å². The lowest BCUT2D eigenvalue weighted by Gasteiger charge is -2.12. The van der Waals surface area contributed by atoms with E-state index >= 15 is 0 Å². The maximum atomic E-state index is 11.9. The van der Waals surface area contributed by atoms with Gasteiger partial charge in [-0.2, -0.15) is 39.5 Å². The summed E-state index contributed by atoms with van der Waals surface area (Å²) in [6.07, 6.45) is -2.09. The quantitative estimate of drug-likeness (QED) is 0.101. The van der Waals surface area contributed by atoms with E-state index in [4.69, 9.17) is 2.74 Å². The fraction of sp³-hybridized carbons (Fsp3) is 1.00. The zero-order valence-electron chi connectivity index (χ0n) is 66.8. The average molecular weight is 1380 g/mol. The molecular formula is C72H153F19. The van der Waals surface area contributed by atoms with Gasteiger partial charge in [0.05, 0.1) is 30.6 Å². The van der Waals surface area contributed by atoms with Gasteiger partial charge in [0.1, 0.15) is 0 Å². The van der Waals surface area contributed by atoms with E-state index in [1.165, 1.54) is 92.9 Å². The third-order valence-corrected chi connectivity index (χ3v) is 12.7. The fourth-order valence-corrected chi connectivity index (χ4v) is 3.37. The first-order valence-electron chi connectivity index (χ1n) is 35.2. The fourth-order valence-electron chi connectivity index (χ4n) is 3.37. The van der Waals surface area contributed by atoms with Crippen LogP contribution in [0, 0.1) is 52.8 Å². The zero-order valence-corrected chi connectivity index (χ0v) is 64.8. The van der Waals surface area contributed by atoms with Gasteiger partial charge in [0.2, 0.25) is 24.2 Å². The summed E-state index contributed by atoms with van der Waals surface area (Å²) in [7, 11) is 0. The van der Waals surface area contributed by atoms with E-state index in [2.05, 4.69) is 104 Å². The molecule has 0 radical (unpaired) electrons. The molecule has 0 saturated heterocycles. The van der Waals surface area contributed by atoms with Crippen molar-refractivity contribution in [1.82, 2.24) is 0 Å². The van der Waals surface area contributed by atoms with Gasteiger partial charge in [0.25, 0.3) is 0 Å². The molecule has 0 aromatic rings. The molecule has 0 N–H and O–H groups in total.